The Kier molecular flexibility index (Phi) is 5.94. The highest BCUT2D eigenvalue weighted by molar-refractivity contribution is 6.05. The number of aromatic nitrogens is 1. The summed E-state index contributed by atoms with van der Waals surface area (Å²) in [7, 11) is 1.46. The lowest BCUT2D eigenvalue weighted by Gasteiger charge is -2.41. The number of urea groups is 1. The number of hydrogen-bond donors (Lipinski definition) is 0. The second-order valence-electron chi connectivity index (χ2n) is 8.01. The van der Waals surface area contributed by atoms with Crippen molar-refractivity contribution < 1.29 is 27.2 Å². The number of nitriles is 1. The van der Waals surface area contributed by atoms with Crippen LogP contribution >= 0.6 is 0 Å². The lowest BCUT2D eigenvalue weighted by molar-refractivity contribution is -0.137. The van der Waals surface area contributed by atoms with Gasteiger partial charge in [0.15, 0.2) is 17.9 Å². The number of nitrogens with zero attached hydrogens (tertiary/aromatic N) is 4. The van der Waals surface area contributed by atoms with Crippen LogP contribution in [-0.2, 0) is 11.0 Å². The van der Waals surface area contributed by atoms with Gasteiger partial charge in [-0.1, -0.05) is 12.1 Å². The summed E-state index contributed by atoms with van der Waals surface area (Å²) >= 11 is 0. The normalized spacial score (nSPS) is 16.5. The molecule has 10 heteroatoms. The second-order valence-corrected chi connectivity index (χ2v) is 8.01. The molecule has 1 atom stereocenters. The quantitative estimate of drug-likeness (QED) is 0.477. The first kappa shape index (κ1) is 23.8. The molecular weight excluding hydrogens is 461 g/mol. The van der Waals surface area contributed by atoms with E-state index in [1.807, 2.05) is 6.07 Å². The van der Waals surface area contributed by atoms with E-state index in [1.54, 1.807) is 18.2 Å². The number of anilines is 1. The van der Waals surface area contributed by atoms with Crippen molar-refractivity contribution in [3.63, 3.8) is 0 Å². The van der Waals surface area contributed by atoms with E-state index in [4.69, 9.17) is 4.42 Å². The van der Waals surface area contributed by atoms with E-state index in [9.17, 15) is 28.0 Å². The third-order valence-electron chi connectivity index (χ3n) is 5.86. The standard InChI is InChI=1S/C25H19F3N4O3/c1-14-22(15(2)33)23(19-8-7-16(11-29)9-20(19)21-12-30-13-35-21)31(3)24(34)32(14)18-6-4-5-17(10-18)25(26,27)28/h4-10,12-13,23H,1-3H3. The van der Waals surface area contributed by atoms with Gasteiger partial charge >= 0.3 is 12.2 Å². The van der Waals surface area contributed by atoms with Gasteiger partial charge in [0, 0.05) is 23.9 Å². The maximum atomic E-state index is 13.5. The van der Waals surface area contributed by atoms with Crippen LogP contribution in [-0.4, -0.2) is 28.7 Å². The SMILES string of the molecule is CC(=O)C1=C(C)N(c2cccc(C(F)(F)F)c2)C(=O)N(C)C1c1ccc(C#N)cc1-c1cnco1. The van der Waals surface area contributed by atoms with Crippen LogP contribution in [0.25, 0.3) is 11.3 Å². The molecule has 1 aromatic heterocycles. The van der Waals surface area contributed by atoms with Gasteiger partial charge in [0.2, 0.25) is 0 Å². The van der Waals surface area contributed by atoms with Crippen molar-refractivity contribution in [2.24, 2.45) is 0 Å². The minimum atomic E-state index is -4.60. The van der Waals surface area contributed by atoms with Gasteiger partial charge in [-0.15, -0.1) is 0 Å². The van der Waals surface area contributed by atoms with E-state index in [2.05, 4.69) is 4.98 Å². The number of alkyl halides is 3. The van der Waals surface area contributed by atoms with Crippen molar-refractivity contribution in [1.29, 1.82) is 5.26 Å². The van der Waals surface area contributed by atoms with E-state index in [0.717, 1.165) is 17.0 Å². The van der Waals surface area contributed by atoms with Gasteiger partial charge in [-0.05, 0) is 49.7 Å². The fourth-order valence-corrected chi connectivity index (χ4v) is 4.29. The first-order valence-corrected chi connectivity index (χ1v) is 10.4. The molecule has 0 fully saturated rings. The number of hydrogen-bond acceptors (Lipinski definition) is 5. The van der Waals surface area contributed by atoms with Crippen molar-refractivity contribution in [3.05, 3.63) is 83.0 Å². The maximum Gasteiger partial charge on any atom is 0.416 e. The molecule has 0 saturated carbocycles. The number of allylic oxidation sites excluding steroid dienone is 1. The van der Waals surface area contributed by atoms with Crippen LogP contribution in [0, 0.1) is 11.3 Å². The molecule has 2 heterocycles. The zero-order chi connectivity index (χ0) is 25.5. The predicted octanol–water partition coefficient (Wildman–Crippen LogP) is 5.71. The number of ketones is 1. The number of carbonyl (C=O) groups excluding carboxylic acids is 2. The van der Waals surface area contributed by atoms with Gasteiger partial charge < -0.3 is 9.32 Å². The van der Waals surface area contributed by atoms with Crippen molar-refractivity contribution in [2.75, 3.05) is 11.9 Å². The summed E-state index contributed by atoms with van der Waals surface area (Å²) in [5.41, 5.74) is 0.801. The number of halogens is 3. The number of benzene rings is 2. The molecule has 7 nitrogen and oxygen atoms in total. The number of rotatable bonds is 4. The molecule has 178 valence electrons. The smallest absolute Gasteiger partial charge is 0.416 e. The Hall–Kier alpha value is -4.39. The molecule has 35 heavy (non-hydrogen) atoms. The van der Waals surface area contributed by atoms with Crippen LogP contribution in [0.15, 0.2) is 70.7 Å². The first-order chi connectivity index (χ1) is 16.5. The molecule has 0 bridgehead atoms. The third kappa shape index (κ3) is 4.17. The molecule has 0 spiro atoms. The molecule has 2 aromatic carbocycles. The van der Waals surface area contributed by atoms with Crippen molar-refractivity contribution in [1.82, 2.24) is 9.88 Å². The molecule has 3 aromatic rings. The molecular formula is C25H19F3N4O3. The molecule has 0 saturated heterocycles. The summed E-state index contributed by atoms with van der Waals surface area (Å²) < 4.78 is 45.4. The monoisotopic (exact) mass is 480 g/mol. The van der Waals surface area contributed by atoms with Crippen LogP contribution in [0.2, 0.25) is 0 Å². The van der Waals surface area contributed by atoms with Crippen LogP contribution < -0.4 is 4.90 Å². The summed E-state index contributed by atoms with van der Waals surface area (Å²) in [6.07, 6.45) is -1.93. The largest absolute Gasteiger partial charge is 0.444 e. The average molecular weight is 480 g/mol. The Morgan fingerprint density at radius 2 is 1.94 bits per heavy atom. The lowest BCUT2D eigenvalue weighted by atomic mass is 9.87. The number of carbonyl (C=O) groups is 2. The molecule has 1 aliphatic rings. The van der Waals surface area contributed by atoms with Gasteiger partial charge in [0.1, 0.15) is 0 Å². The van der Waals surface area contributed by atoms with Crippen LogP contribution in [0.3, 0.4) is 0 Å². The highest BCUT2D eigenvalue weighted by atomic mass is 19.4. The topological polar surface area (TPSA) is 90.4 Å². The number of Topliss-reactive ketones (excluding diaryl/α,β-unsaturated/α-hetero) is 1. The van der Waals surface area contributed by atoms with Crippen LogP contribution in [0.5, 0.6) is 0 Å². The Morgan fingerprint density at radius 1 is 1.20 bits per heavy atom. The highest BCUT2D eigenvalue weighted by Gasteiger charge is 2.41. The highest BCUT2D eigenvalue weighted by Crippen LogP contribution is 2.43. The summed E-state index contributed by atoms with van der Waals surface area (Å²) in [5.74, 6) is -0.0319. The fourth-order valence-electron chi connectivity index (χ4n) is 4.29. The summed E-state index contributed by atoms with van der Waals surface area (Å²) in [5, 5.41) is 9.37. The Balaban J connectivity index is 1.93. The molecule has 0 aliphatic carbocycles. The Labute approximate surface area is 198 Å². The summed E-state index contributed by atoms with van der Waals surface area (Å²) in [4.78, 5) is 32.7. The zero-order valence-electron chi connectivity index (χ0n) is 18.9. The van der Waals surface area contributed by atoms with Gasteiger partial charge in [-0.25, -0.2) is 9.78 Å². The number of oxazole rings is 1. The predicted molar refractivity (Wildman–Crippen MR) is 120 cm³/mol. The van der Waals surface area contributed by atoms with Gasteiger partial charge in [-0.3, -0.25) is 9.69 Å². The van der Waals surface area contributed by atoms with Crippen molar-refractivity contribution >= 4 is 17.5 Å². The van der Waals surface area contributed by atoms with Crippen LogP contribution in [0.1, 0.15) is 36.6 Å². The van der Waals surface area contributed by atoms with E-state index in [1.165, 1.54) is 50.5 Å². The Morgan fingerprint density at radius 3 is 2.54 bits per heavy atom. The number of likely N-dealkylation sites (N-methyl/N-ethyl adjacent to an activating group) is 1. The van der Waals surface area contributed by atoms with E-state index in [0.29, 0.717) is 22.5 Å². The van der Waals surface area contributed by atoms with Crippen molar-refractivity contribution in [2.45, 2.75) is 26.1 Å². The summed E-state index contributed by atoms with van der Waals surface area (Å²) in [6.45, 7) is 2.85. The first-order valence-electron chi connectivity index (χ1n) is 10.4. The maximum absolute atomic E-state index is 13.5. The van der Waals surface area contributed by atoms with Gasteiger partial charge in [0.25, 0.3) is 0 Å². The fraction of sp³-hybridized carbons (Fsp3) is 0.200. The molecule has 4 rings (SSSR count). The molecule has 1 unspecified atom stereocenters. The lowest BCUT2D eigenvalue weighted by Crippen LogP contribution is -2.49. The minimum Gasteiger partial charge on any atom is -0.444 e. The van der Waals surface area contributed by atoms with Gasteiger partial charge in [0.05, 0.1) is 35.1 Å². The van der Waals surface area contributed by atoms with E-state index < -0.39 is 23.8 Å². The average Bonchev–Trinajstić information content (AvgIpc) is 3.35. The Bertz CT molecular complexity index is 1390. The second kappa shape index (κ2) is 8.76. The van der Waals surface area contributed by atoms with Crippen molar-refractivity contribution in [3.8, 4) is 17.4 Å². The molecule has 0 N–H and O–H groups in total. The molecule has 2 amide bonds. The molecule has 0 radical (unpaired) electrons. The van der Waals surface area contributed by atoms with E-state index in [-0.39, 0.29) is 22.7 Å². The minimum absolute atomic E-state index is 0.0124. The van der Waals surface area contributed by atoms with Crippen LogP contribution in [0.4, 0.5) is 23.7 Å². The zero-order valence-corrected chi connectivity index (χ0v) is 18.9. The van der Waals surface area contributed by atoms with E-state index >= 15 is 0 Å². The number of amides is 2. The molecule has 1 aliphatic heterocycles. The van der Waals surface area contributed by atoms with Gasteiger partial charge in [-0.2, -0.15) is 18.4 Å². The third-order valence-corrected chi connectivity index (χ3v) is 5.86. The summed E-state index contributed by atoms with van der Waals surface area (Å²) in [6, 6.07) is 9.67.